The molecule has 18 heavy (non-hydrogen) atoms. The Morgan fingerprint density at radius 1 is 1.06 bits per heavy atom. The van der Waals surface area contributed by atoms with E-state index in [4.69, 9.17) is 23.2 Å². The van der Waals surface area contributed by atoms with E-state index in [9.17, 15) is 5.11 Å². The summed E-state index contributed by atoms with van der Waals surface area (Å²) in [5.41, 5.74) is 1.94. The molecule has 2 aromatic carbocycles. The Hall–Kier alpha value is -0.900. The maximum Gasteiger partial charge on any atom is 0.129 e. The lowest BCUT2D eigenvalue weighted by Gasteiger charge is -2.08. The van der Waals surface area contributed by atoms with Crippen molar-refractivity contribution in [2.45, 2.75) is 6.54 Å². The van der Waals surface area contributed by atoms with Gasteiger partial charge in [0.05, 0.1) is 14.5 Å². The number of aromatic hydroxyl groups is 1. The van der Waals surface area contributed by atoms with E-state index in [1.807, 2.05) is 18.2 Å². The summed E-state index contributed by atoms with van der Waals surface area (Å²) in [4.78, 5) is 0. The van der Waals surface area contributed by atoms with Crippen LogP contribution < -0.4 is 5.32 Å². The maximum atomic E-state index is 9.40. The van der Waals surface area contributed by atoms with Crippen LogP contribution in [0.4, 0.5) is 5.69 Å². The molecule has 0 amide bonds. The van der Waals surface area contributed by atoms with Gasteiger partial charge >= 0.3 is 0 Å². The van der Waals surface area contributed by atoms with Crippen molar-refractivity contribution in [2.24, 2.45) is 0 Å². The first-order valence-corrected chi connectivity index (χ1v) is 6.77. The quantitative estimate of drug-likeness (QED) is 0.812. The van der Waals surface area contributed by atoms with Gasteiger partial charge in [0, 0.05) is 12.2 Å². The lowest BCUT2D eigenvalue weighted by Crippen LogP contribution is -1.99. The third-order valence-corrected chi connectivity index (χ3v) is 3.80. The van der Waals surface area contributed by atoms with Gasteiger partial charge in [-0.3, -0.25) is 0 Å². The van der Waals surface area contributed by atoms with Crippen LogP contribution in [0.2, 0.25) is 10.0 Å². The van der Waals surface area contributed by atoms with E-state index in [1.54, 1.807) is 18.2 Å². The molecule has 0 saturated heterocycles. The Kier molecular flexibility index (Phi) is 4.38. The molecule has 2 aromatic rings. The maximum absolute atomic E-state index is 9.40. The zero-order chi connectivity index (χ0) is 13.1. The summed E-state index contributed by atoms with van der Waals surface area (Å²) in [5, 5.41) is 13.7. The molecule has 5 heteroatoms. The van der Waals surface area contributed by atoms with Crippen LogP contribution in [0, 0.1) is 0 Å². The van der Waals surface area contributed by atoms with Gasteiger partial charge in [-0.1, -0.05) is 29.3 Å². The van der Waals surface area contributed by atoms with Crippen molar-refractivity contribution in [3.8, 4) is 5.75 Å². The molecule has 0 bridgehead atoms. The van der Waals surface area contributed by atoms with Gasteiger partial charge in [0.1, 0.15) is 5.75 Å². The number of anilines is 1. The van der Waals surface area contributed by atoms with Crippen LogP contribution in [0.1, 0.15) is 5.56 Å². The molecule has 2 N–H and O–H groups in total. The molecule has 0 atom stereocenters. The highest BCUT2D eigenvalue weighted by atomic mass is 79.9. The number of phenols is 1. The predicted octanol–water partition coefficient (Wildman–Crippen LogP) is 5.07. The minimum absolute atomic E-state index is 0.230. The Morgan fingerprint density at radius 3 is 2.50 bits per heavy atom. The highest BCUT2D eigenvalue weighted by Crippen LogP contribution is 2.27. The molecular weight excluding hydrogens is 337 g/mol. The third-order valence-electron chi connectivity index (χ3n) is 2.43. The second-order valence-corrected chi connectivity index (χ2v) is 5.44. The SMILES string of the molecule is Oc1ccc(CNc2ccc(Cl)c(Cl)c2)cc1Br. The topological polar surface area (TPSA) is 32.3 Å². The van der Waals surface area contributed by atoms with E-state index in [-0.39, 0.29) is 5.75 Å². The lowest BCUT2D eigenvalue weighted by molar-refractivity contribution is 0.471. The summed E-state index contributed by atoms with van der Waals surface area (Å²) in [6, 6.07) is 10.8. The van der Waals surface area contributed by atoms with Crippen LogP contribution in [0.25, 0.3) is 0 Å². The molecule has 0 aliphatic heterocycles. The molecule has 2 rings (SSSR count). The van der Waals surface area contributed by atoms with Gasteiger partial charge in [0.25, 0.3) is 0 Å². The number of rotatable bonds is 3. The lowest BCUT2D eigenvalue weighted by atomic mass is 10.2. The predicted molar refractivity (Wildman–Crippen MR) is 79.6 cm³/mol. The van der Waals surface area contributed by atoms with Crippen molar-refractivity contribution in [1.82, 2.24) is 0 Å². The summed E-state index contributed by atoms with van der Waals surface area (Å²) in [7, 11) is 0. The summed E-state index contributed by atoms with van der Waals surface area (Å²) in [6.45, 7) is 0.636. The second kappa shape index (κ2) is 5.83. The first kappa shape index (κ1) is 13.5. The summed E-state index contributed by atoms with van der Waals surface area (Å²) >= 11 is 15.0. The van der Waals surface area contributed by atoms with Crippen LogP contribution >= 0.6 is 39.1 Å². The molecule has 0 aliphatic carbocycles. The number of hydrogen-bond acceptors (Lipinski definition) is 2. The van der Waals surface area contributed by atoms with E-state index in [0.29, 0.717) is 21.1 Å². The number of halogens is 3. The molecule has 94 valence electrons. The molecule has 0 aromatic heterocycles. The van der Waals surface area contributed by atoms with Crippen molar-refractivity contribution in [3.63, 3.8) is 0 Å². The molecule has 0 aliphatic rings. The van der Waals surface area contributed by atoms with Crippen LogP contribution in [-0.4, -0.2) is 5.11 Å². The average Bonchev–Trinajstić information content (AvgIpc) is 2.35. The number of phenolic OH excluding ortho intramolecular Hbond substituents is 1. The zero-order valence-electron chi connectivity index (χ0n) is 9.25. The van der Waals surface area contributed by atoms with Crippen molar-refractivity contribution >= 4 is 44.8 Å². The Bertz CT molecular complexity index is 523. The summed E-state index contributed by atoms with van der Waals surface area (Å²) in [6.07, 6.45) is 0. The number of benzene rings is 2. The van der Waals surface area contributed by atoms with Gasteiger partial charge in [0.2, 0.25) is 0 Å². The molecule has 0 fully saturated rings. The largest absolute Gasteiger partial charge is 0.507 e. The standard InChI is InChI=1S/C13H10BrCl2NO/c14-10-5-8(1-4-13(10)18)7-17-9-2-3-11(15)12(16)6-9/h1-6,17-18H,7H2. The van der Waals surface area contributed by atoms with Crippen molar-refractivity contribution in [3.05, 3.63) is 56.5 Å². The fourth-order valence-corrected chi connectivity index (χ4v) is 2.19. The minimum Gasteiger partial charge on any atom is -0.507 e. The molecule has 0 saturated carbocycles. The van der Waals surface area contributed by atoms with E-state index in [2.05, 4.69) is 21.2 Å². The van der Waals surface area contributed by atoms with Gasteiger partial charge in [-0.05, 0) is 51.8 Å². The van der Waals surface area contributed by atoms with E-state index < -0.39 is 0 Å². The summed E-state index contributed by atoms with van der Waals surface area (Å²) in [5.74, 6) is 0.230. The highest BCUT2D eigenvalue weighted by molar-refractivity contribution is 9.10. The highest BCUT2D eigenvalue weighted by Gasteiger charge is 2.01. The van der Waals surface area contributed by atoms with Crippen LogP contribution in [-0.2, 0) is 6.54 Å². The Labute approximate surface area is 124 Å². The first-order valence-electron chi connectivity index (χ1n) is 5.22. The molecule has 0 spiro atoms. The molecular formula is C13H10BrCl2NO. The van der Waals surface area contributed by atoms with Gasteiger partial charge in [0.15, 0.2) is 0 Å². The summed E-state index contributed by atoms with van der Waals surface area (Å²) < 4.78 is 0.677. The Balaban J connectivity index is 2.06. The average molecular weight is 347 g/mol. The minimum atomic E-state index is 0.230. The molecule has 0 heterocycles. The van der Waals surface area contributed by atoms with Crippen LogP contribution in [0.15, 0.2) is 40.9 Å². The van der Waals surface area contributed by atoms with Crippen molar-refractivity contribution in [1.29, 1.82) is 0 Å². The van der Waals surface area contributed by atoms with Gasteiger partial charge in [-0.25, -0.2) is 0 Å². The van der Waals surface area contributed by atoms with Gasteiger partial charge in [-0.2, -0.15) is 0 Å². The number of hydrogen-bond donors (Lipinski definition) is 2. The van der Waals surface area contributed by atoms with E-state index >= 15 is 0 Å². The van der Waals surface area contributed by atoms with Crippen LogP contribution in [0.3, 0.4) is 0 Å². The van der Waals surface area contributed by atoms with Crippen molar-refractivity contribution in [2.75, 3.05) is 5.32 Å². The van der Waals surface area contributed by atoms with Crippen LogP contribution in [0.5, 0.6) is 5.75 Å². The smallest absolute Gasteiger partial charge is 0.129 e. The van der Waals surface area contributed by atoms with Gasteiger partial charge < -0.3 is 10.4 Å². The number of nitrogens with one attached hydrogen (secondary N) is 1. The fraction of sp³-hybridized carbons (Fsp3) is 0.0769. The normalized spacial score (nSPS) is 10.4. The van der Waals surface area contributed by atoms with E-state index in [0.717, 1.165) is 11.3 Å². The zero-order valence-corrected chi connectivity index (χ0v) is 12.4. The molecule has 0 radical (unpaired) electrons. The van der Waals surface area contributed by atoms with E-state index in [1.165, 1.54) is 0 Å². The Morgan fingerprint density at radius 2 is 1.83 bits per heavy atom. The molecule has 2 nitrogen and oxygen atoms in total. The van der Waals surface area contributed by atoms with Crippen molar-refractivity contribution < 1.29 is 5.11 Å². The fourth-order valence-electron chi connectivity index (χ4n) is 1.47. The first-order chi connectivity index (χ1) is 8.56. The van der Waals surface area contributed by atoms with Gasteiger partial charge in [-0.15, -0.1) is 0 Å². The molecule has 0 unspecified atom stereocenters. The second-order valence-electron chi connectivity index (χ2n) is 3.77. The monoisotopic (exact) mass is 345 g/mol. The third kappa shape index (κ3) is 3.31.